The number of esters is 2. The summed E-state index contributed by atoms with van der Waals surface area (Å²) in [6.07, 6.45) is 0. The maximum Gasteiger partial charge on any atom is 0.355 e. The predicted octanol–water partition coefficient (Wildman–Crippen LogP) is 1.43. The predicted molar refractivity (Wildman–Crippen MR) is 145 cm³/mol. The van der Waals surface area contributed by atoms with Gasteiger partial charge in [-0.2, -0.15) is 0 Å². The van der Waals surface area contributed by atoms with Crippen LogP contribution in [0.25, 0.3) is 0 Å². The summed E-state index contributed by atoms with van der Waals surface area (Å²) in [5.41, 5.74) is 4.78. The molecule has 0 spiro atoms. The molecule has 2 amide bonds. The summed E-state index contributed by atoms with van der Waals surface area (Å²) in [6, 6.07) is -0.962. The first kappa shape index (κ1) is 30.4. The number of anilines is 1. The van der Waals surface area contributed by atoms with Gasteiger partial charge in [0.1, 0.15) is 34.0 Å². The van der Waals surface area contributed by atoms with Crippen molar-refractivity contribution < 1.29 is 38.2 Å². The second kappa shape index (κ2) is 11.9. The largest absolute Gasteiger partial charge is 0.457 e. The number of hydrogen-bond donors (Lipinski definition) is 2. The van der Waals surface area contributed by atoms with Gasteiger partial charge in [-0.05, 0) is 47.1 Å². The molecule has 1 fully saturated rings. The summed E-state index contributed by atoms with van der Waals surface area (Å²) in [4.78, 5) is 61.9. The van der Waals surface area contributed by atoms with Crippen LogP contribution in [-0.2, 0) is 38.2 Å². The standard InChI is InChI=1S/C24H33N5O8S2/c1-23(2,3)36-14(30)9-35-28-15(13-11-39-22(25)26-13)18(31)27-16-19(32)29-17(21(33)37-24(4,5)6)12(8-34-7)10-38-20(16)29/h11,16,20H,8-10H2,1-7H3,(H2,25,26)(H,27,31)/t16?,20-/m0/s1. The van der Waals surface area contributed by atoms with E-state index in [2.05, 4.69) is 15.5 Å². The number of nitrogen functional groups attached to an aromatic ring is 1. The highest BCUT2D eigenvalue weighted by molar-refractivity contribution is 8.00. The Kier molecular flexibility index (Phi) is 9.28. The average Bonchev–Trinajstić information content (AvgIpc) is 3.23. The number of thiazole rings is 1. The van der Waals surface area contributed by atoms with Gasteiger partial charge in [0, 0.05) is 18.2 Å². The van der Waals surface area contributed by atoms with Gasteiger partial charge in [-0.3, -0.25) is 14.5 Å². The highest BCUT2D eigenvalue weighted by Gasteiger charge is 2.55. The summed E-state index contributed by atoms with van der Waals surface area (Å²) >= 11 is 2.45. The number of methoxy groups -OCH3 is 1. The van der Waals surface area contributed by atoms with Crippen LogP contribution in [0, 0.1) is 0 Å². The first-order valence-corrected chi connectivity index (χ1v) is 13.9. The van der Waals surface area contributed by atoms with E-state index in [0.29, 0.717) is 11.3 Å². The number of β-lactam (4-membered cyclic amide) rings is 1. The van der Waals surface area contributed by atoms with Crippen molar-refractivity contribution in [1.29, 1.82) is 0 Å². The summed E-state index contributed by atoms with van der Waals surface area (Å²) in [6.45, 7) is 9.90. The van der Waals surface area contributed by atoms with Crippen molar-refractivity contribution in [2.75, 3.05) is 31.8 Å². The summed E-state index contributed by atoms with van der Waals surface area (Å²) < 4.78 is 15.9. The Morgan fingerprint density at radius 2 is 1.85 bits per heavy atom. The van der Waals surface area contributed by atoms with Crippen molar-refractivity contribution in [2.24, 2.45) is 5.16 Å². The number of oxime groups is 1. The molecule has 15 heteroatoms. The van der Waals surface area contributed by atoms with Gasteiger partial charge in [0.25, 0.3) is 11.8 Å². The number of carbonyl (C=O) groups excluding carboxylic acids is 4. The Morgan fingerprint density at radius 1 is 1.18 bits per heavy atom. The van der Waals surface area contributed by atoms with E-state index in [1.165, 1.54) is 29.2 Å². The zero-order chi connectivity index (χ0) is 29.1. The molecule has 1 aromatic rings. The molecule has 1 aromatic heterocycles. The van der Waals surface area contributed by atoms with Crippen molar-refractivity contribution in [1.82, 2.24) is 15.2 Å². The number of nitrogens with one attached hydrogen (secondary N) is 1. The molecule has 1 unspecified atom stereocenters. The monoisotopic (exact) mass is 583 g/mol. The first-order valence-electron chi connectivity index (χ1n) is 11.9. The Labute approximate surface area is 234 Å². The van der Waals surface area contributed by atoms with E-state index in [9.17, 15) is 19.2 Å². The molecule has 0 saturated carbocycles. The summed E-state index contributed by atoms with van der Waals surface area (Å²) in [5, 5.41) is 7.56. The van der Waals surface area contributed by atoms with E-state index < -0.39 is 53.0 Å². The summed E-state index contributed by atoms with van der Waals surface area (Å²) in [5.74, 6) is -2.20. The third-order valence-corrected chi connectivity index (χ3v) is 7.00. The molecule has 2 atom stereocenters. The molecule has 0 aromatic carbocycles. The molecule has 0 radical (unpaired) electrons. The van der Waals surface area contributed by atoms with Crippen LogP contribution in [0.4, 0.5) is 5.13 Å². The minimum Gasteiger partial charge on any atom is -0.457 e. The number of ether oxygens (including phenoxy) is 3. The normalized spacial score (nSPS) is 19.7. The zero-order valence-electron chi connectivity index (χ0n) is 22.9. The number of amides is 2. The van der Waals surface area contributed by atoms with Crippen molar-refractivity contribution in [3.63, 3.8) is 0 Å². The fourth-order valence-corrected chi connectivity index (χ4v) is 5.49. The Hall–Kier alpha value is -3.17. The Bertz CT molecular complexity index is 1200. The molecule has 39 heavy (non-hydrogen) atoms. The van der Waals surface area contributed by atoms with E-state index in [1.54, 1.807) is 41.5 Å². The van der Waals surface area contributed by atoms with Gasteiger partial charge in [-0.15, -0.1) is 23.1 Å². The van der Waals surface area contributed by atoms with Crippen LogP contribution in [-0.4, -0.2) is 88.0 Å². The van der Waals surface area contributed by atoms with Gasteiger partial charge in [-0.1, -0.05) is 5.16 Å². The highest BCUT2D eigenvalue weighted by Crippen LogP contribution is 2.41. The molecule has 1 saturated heterocycles. The maximum absolute atomic E-state index is 13.2. The second-order valence-electron chi connectivity index (χ2n) is 10.6. The fraction of sp³-hybridized carbons (Fsp3) is 0.583. The maximum atomic E-state index is 13.2. The van der Waals surface area contributed by atoms with Gasteiger partial charge in [0.15, 0.2) is 10.8 Å². The van der Waals surface area contributed by atoms with Crippen molar-refractivity contribution in [3.05, 3.63) is 22.3 Å². The van der Waals surface area contributed by atoms with Crippen LogP contribution in [0.1, 0.15) is 47.2 Å². The Morgan fingerprint density at radius 3 is 2.41 bits per heavy atom. The molecule has 3 N–H and O–H groups in total. The molecule has 214 valence electrons. The smallest absolute Gasteiger partial charge is 0.355 e. The van der Waals surface area contributed by atoms with E-state index in [-0.39, 0.29) is 28.8 Å². The lowest BCUT2D eigenvalue weighted by Gasteiger charge is -2.49. The molecule has 3 rings (SSSR count). The topological polar surface area (TPSA) is 172 Å². The molecule has 0 bridgehead atoms. The quantitative estimate of drug-likeness (QED) is 0.186. The average molecular weight is 584 g/mol. The molecule has 2 aliphatic rings. The van der Waals surface area contributed by atoms with E-state index in [1.807, 2.05) is 0 Å². The number of nitrogens with zero attached hydrogens (tertiary/aromatic N) is 3. The van der Waals surface area contributed by atoms with Gasteiger partial charge < -0.3 is 30.1 Å². The van der Waals surface area contributed by atoms with Crippen LogP contribution in [0.15, 0.2) is 21.8 Å². The SMILES string of the molecule is COCC1=C(C(=O)OC(C)(C)C)N2C(=O)C(NC(=O)C(=NOCC(=O)OC(C)(C)C)c3csc(N)n3)[C@@H]2SC1. The van der Waals surface area contributed by atoms with Crippen molar-refractivity contribution in [2.45, 2.75) is 64.2 Å². The minimum absolute atomic E-state index is 0.107. The lowest BCUT2D eigenvalue weighted by molar-refractivity contribution is -0.160. The third-order valence-electron chi connectivity index (χ3n) is 4.98. The van der Waals surface area contributed by atoms with E-state index in [0.717, 1.165) is 11.3 Å². The van der Waals surface area contributed by atoms with Gasteiger partial charge >= 0.3 is 11.9 Å². The van der Waals surface area contributed by atoms with Crippen LogP contribution >= 0.6 is 23.1 Å². The Balaban J connectivity index is 1.78. The third kappa shape index (κ3) is 7.70. The highest BCUT2D eigenvalue weighted by atomic mass is 32.2. The van der Waals surface area contributed by atoms with E-state index in [4.69, 9.17) is 24.8 Å². The number of thioether (sulfide) groups is 1. The number of nitrogens with two attached hydrogens (primary N) is 1. The molecular formula is C24H33N5O8S2. The number of rotatable bonds is 9. The lowest BCUT2D eigenvalue weighted by atomic mass is 10.0. The number of carbonyl (C=O) groups is 4. The molecule has 13 nitrogen and oxygen atoms in total. The number of aromatic nitrogens is 1. The van der Waals surface area contributed by atoms with Crippen molar-refractivity contribution >= 4 is 57.7 Å². The molecule has 0 aliphatic carbocycles. The second-order valence-corrected chi connectivity index (χ2v) is 12.6. The van der Waals surface area contributed by atoms with Crippen molar-refractivity contribution in [3.8, 4) is 0 Å². The number of hydrogen-bond acceptors (Lipinski definition) is 13. The molecular weight excluding hydrogens is 550 g/mol. The van der Waals surface area contributed by atoms with E-state index >= 15 is 0 Å². The zero-order valence-corrected chi connectivity index (χ0v) is 24.5. The van der Waals surface area contributed by atoms with Crippen LogP contribution in [0.5, 0.6) is 0 Å². The van der Waals surface area contributed by atoms with Gasteiger partial charge in [0.2, 0.25) is 6.61 Å². The minimum atomic E-state index is -0.962. The van der Waals surface area contributed by atoms with Crippen LogP contribution in [0.3, 0.4) is 0 Å². The fourth-order valence-electron chi connectivity index (χ4n) is 3.61. The van der Waals surface area contributed by atoms with Gasteiger partial charge in [0.05, 0.1) is 6.61 Å². The molecule has 3 heterocycles. The summed E-state index contributed by atoms with van der Waals surface area (Å²) in [7, 11) is 1.49. The first-order chi connectivity index (χ1) is 18.1. The lowest BCUT2D eigenvalue weighted by Crippen LogP contribution is -2.71. The number of fused-ring (bicyclic) bond motifs is 1. The van der Waals surface area contributed by atoms with Crippen LogP contribution < -0.4 is 11.1 Å². The van der Waals surface area contributed by atoms with Gasteiger partial charge in [-0.25, -0.2) is 14.6 Å². The van der Waals surface area contributed by atoms with Crippen LogP contribution in [0.2, 0.25) is 0 Å². The molecule has 2 aliphatic heterocycles.